The summed E-state index contributed by atoms with van der Waals surface area (Å²) < 4.78 is 0. The number of nitriles is 2. The van der Waals surface area contributed by atoms with E-state index in [0.717, 1.165) is 29.2 Å². The van der Waals surface area contributed by atoms with Gasteiger partial charge in [0.05, 0.1) is 35.0 Å². The maximum absolute atomic E-state index is 9.62. The monoisotopic (exact) mass is 672 g/mol. The van der Waals surface area contributed by atoms with Crippen molar-refractivity contribution in [1.82, 2.24) is 0 Å². The highest BCUT2D eigenvalue weighted by atomic mass is 15.2. The minimum atomic E-state index is 0.114. The highest BCUT2D eigenvalue weighted by molar-refractivity contribution is 6.29. The van der Waals surface area contributed by atoms with Gasteiger partial charge in [0.2, 0.25) is 0 Å². The Morgan fingerprint density at radius 2 is 1.06 bits per heavy atom. The Morgan fingerprint density at radius 1 is 0.558 bits per heavy atom. The highest BCUT2D eigenvalue weighted by Crippen LogP contribution is 2.50. The van der Waals surface area contributed by atoms with E-state index in [2.05, 4.69) is 165 Å². The van der Waals surface area contributed by atoms with Gasteiger partial charge in [-0.1, -0.05) is 94.5 Å². The Hall–Kier alpha value is -6.36. The third-order valence-corrected chi connectivity index (χ3v) is 10.5. The van der Waals surface area contributed by atoms with E-state index in [1.807, 2.05) is 24.3 Å². The topological polar surface area (TPSA) is 54.1 Å². The summed E-state index contributed by atoms with van der Waals surface area (Å²) in [4.78, 5) is 4.81. The summed E-state index contributed by atoms with van der Waals surface area (Å²) in [7, 11) is 0. The maximum Gasteiger partial charge on any atom is 0.0991 e. The van der Waals surface area contributed by atoms with Gasteiger partial charge in [0.25, 0.3) is 0 Å². The van der Waals surface area contributed by atoms with Gasteiger partial charge in [-0.2, -0.15) is 10.5 Å². The molecular weight excluding hydrogens is 633 g/mol. The molecule has 0 amide bonds. The van der Waals surface area contributed by atoms with E-state index in [9.17, 15) is 10.5 Å². The molecule has 0 saturated heterocycles. The van der Waals surface area contributed by atoms with Gasteiger partial charge in [0.1, 0.15) is 0 Å². The van der Waals surface area contributed by atoms with Gasteiger partial charge in [-0.15, -0.1) is 0 Å². The number of rotatable bonds is 8. The van der Waals surface area contributed by atoms with Crippen LogP contribution < -0.4 is 9.80 Å². The summed E-state index contributed by atoms with van der Waals surface area (Å²) in [6.45, 7) is 9.15. The molecule has 0 spiro atoms. The lowest BCUT2D eigenvalue weighted by Crippen LogP contribution is -2.30. The average Bonchev–Trinajstić information content (AvgIpc) is 3.18. The molecule has 0 N–H and O–H groups in total. The van der Waals surface area contributed by atoms with E-state index in [0.29, 0.717) is 11.1 Å². The summed E-state index contributed by atoms with van der Waals surface area (Å²) in [6, 6.07) is 45.3. The minimum Gasteiger partial charge on any atom is -0.334 e. The van der Waals surface area contributed by atoms with Gasteiger partial charge in [-0.25, -0.2) is 0 Å². The lowest BCUT2D eigenvalue weighted by molar-refractivity contribution is 0.785. The Balaban J connectivity index is 1.49. The van der Waals surface area contributed by atoms with Crippen LogP contribution in [0.3, 0.4) is 0 Å². The van der Waals surface area contributed by atoms with Crippen LogP contribution in [0.2, 0.25) is 0 Å². The maximum atomic E-state index is 9.62. The van der Waals surface area contributed by atoms with Crippen molar-refractivity contribution >= 4 is 60.8 Å². The quantitative estimate of drug-likeness (QED) is 0.151. The van der Waals surface area contributed by atoms with Crippen LogP contribution >= 0.6 is 0 Å². The lowest BCUT2D eigenvalue weighted by atomic mass is 9.84. The second kappa shape index (κ2) is 13.4. The number of hydrogen-bond donors (Lipinski definition) is 0. The molecule has 1 aliphatic rings. The van der Waals surface area contributed by atoms with Crippen molar-refractivity contribution in [3.8, 4) is 12.1 Å². The second-order valence-corrected chi connectivity index (χ2v) is 14.3. The zero-order chi connectivity index (χ0) is 35.9. The van der Waals surface area contributed by atoms with Crippen LogP contribution in [-0.2, 0) is 0 Å². The van der Waals surface area contributed by atoms with Gasteiger partial charge >= 0.3 is 0 Å². The highest BCUT2D eigenvalue weighted by Gasteiger charge is 2.27. The van der Waals surface area contributed by atoms with E-state index < -0.39 is 0 Å². The zero-order valence-corrected chi connectivity index (χ0v) is 30.0. The second-order valence-electron chi connectivity index (χ2n) is 14.3. The van der Waals surface area contributed by atoms with Crippen molar-refractivity contribution in [2.75, 3.05) is 9.80 Å². The molecule has 8 rings (SSSR count). The van der Waals surface area contributed by atoms with Gasteiger partial charge in [0.15, 0.2) is 0 Å². The van der Waals surface area contributed by atoms with Crippen LogP contribution in [-0.4, -0.2) is 6.04 Å². The molecule has 1 aliphatic carbocycles. The van der Waals surface area contributed by atoms with Crippen LogP contribution in [0, 0.1) is 22.7 Å². The Kier molecular flexibility index (Phi) is 8.46. The molecule has 1 atom stereocenters. The van der Waals surface area contributed by atoms with Crippen LogP contribution in [0.1, 0.15) is 68.2 Å². The number of benzene rings is 7. The molecule has 4 nitrogen and oxygen atoms in total. The molecule has 0 fully saturated rings. The number of nitrogens with zero attached hydrogens (tertiary/aromatic N) is 4. The largest absolute Gasteiger partial charge is 0.334 e. The minimum absolute atomic E-state index is 0.114. The molecule has 252 valence electrons. The average molecular weight is 673 g/mol. The molecule has 0 aliphatic heterocycles. The number of para-hydroxylation sites is 1. The summed E-state index contributed by atoms with van der Waals surface area (Å²) in [5, 5.41) is 26.7. The van der Waals surface area contributed by atoms with Crippen LogP contribution in [0.4, 0.5) is 28.4 Å². The van der Waals surface area contributed by atoms with Crippen molar-refractivity contribution in [3.05, 3.63) is 162 Å². The fourth-order valence-corrected chi connectivity index (χ4v) is 8.00. The van der Waals surface area contributed by atoms with Gasteiger partial charge in [-0.3, -0.25) is 0 Å². The molecule has 0 bridgehead atoms. The Bertz CT molecular complexity index is 2560. The zero-order valence-electron chi connectivity index (χ0n) is 30.0. The number of hydrogen-bond acceptors (Lipinski definition) is 4. The number of allylic oxidation sites excluding steroid dienone is 2. The molecule has 7 aromatic carbocycles. The van der Waals surface area contributed by atoms with Crippen molar-refractivity contribution in [3.63, 3.8) is 0 Å². The van der Waals surface area contributed by atoms with Crippen LogP contribution in [0.5, 0.6) is 0 Å². The molecule has 4 heteroatoms. The molecule has 0 aromatic heterocycles. The first-order chi connectivity index (χ1) is 25.4. The smallest absolute Gasteiger partial charge is 0.0991 e. The molecule has 1 unspecified atom stereocenters. The molecule has 0 saturated carbocycles. The predicted octanol–water partition coefficient (Wildman–Crippen LogP) is 13.1. The molecule has 0 heterocycles. The Morgan fingerprint density at radius 3 is 1.58 bits per heavy atom. The molecule has 52 heavy (non-hydrogen) atoms. The van der Waals surface area contributed by atoms with Crippen molar-refractivity contribution < 1.29 is 0 Å². The first-order valence-electron chi connectivity index (χ1n) is 18.1. The molecule has 0 radical (unpaired) electrons. The standard InChI is InChI=1S/C48H40N4/c1-31(2)43-27-45(51(35-11-7-5-8-12-35)37-19-15-33(29-49)16-20-37)41-26-24-40-44(32(3)4)28-46(42-25-23-39(43)47(41)48(40)42)52(36-13-9-6-10-14-36)38-21-17-34(30-50)18-22-38/h5-13,15-28,31-32,36H,14H2,1-4H3. The van der Waals surface area contributed by atoms with E-state index in [-0.39, 0.29) is 17.9 Å². The van der Waals surface area contributed by atoms with Crippen molar-refractivity contribution in [1.29, 1.82) is 10.5 Å². The third-order valence-electron chi connectivity index (χ3n) is 10.5. The van der Waals surface area contributed by atoms with Crippen molar-refractivity contribution in [2.45, 2.75) is 52.0 Å². The fourth-order valence-electron chi connectivity index (χ4n) is 8.00. The Labute approximate surface area is 306 Å². The van der Waals surface area contributed by atoms with Crippen LogP contribution in [0.25, 0.3) is 32.3 Å². The van der Waals surface area contributed by atoms with Gasteiger partial charge in [-0.05, 0) is 124 Å². The summed E-state index contributed by atoms with van der Waals surface area (Å²) in [5.74, 6) is 0.566. The first kappa shape index (κ1) is 32.8. The SMILES string of the molecule is CC(C)c1cc(N(c2ccccc2)c2ccc(C#N)cc2)c2ccc3c(C(C)C)cc(N(c4ccc(C#N)cc4)C4C=CC=CC4)c4ccc1c2c34. The number of anilines is 5. The fraction of sp³-hybridized carbons (Fsp3) is 0.167. The van der Waals surface area contributed by atoms with Gasteiger partial charge < -0.3 is 9.80 Å². The van der Waals surface area contributed by atoms with E-state index in [1.54, 1.807) is 0 Å². The molecule has 7 aromatic rings. The van der Waals surface area contributed by atoms with Crippen molar-refractivity contribution in [2.24, 2.45) is 0 Å². The van der Waals surface area contributed by atoms with Gasteiger partial charge in [0, 0.05) is 33.5 Å². The molecular formula is C48H40N4. The summed E-state index contributed by atoms with van der Waals surface area (Å²) in [6.07, 6.45) is 9.68. The summed E-state index contributed by atoms with van der Waals surface area (Å²) in [5.41, 5.74) is 9.31. The normalized spacial score (nSPS) is 14.0. The first-order valence-corrected chi connectivity index (χ1v) is 18.1. The lowest BCUT2D eigenvalue weighted by Gasteiger charge is -2.35. The van der Waals surface area contributed by atoms with E-state index in [1.165, 1.54) is 49.1 Å². The predicted molar refractivity (Wildman–Crippen MR) is 218 cm³/mol. The van der Waals surface area contributed by atoms with Crippen LogP contribution in [0.15, 0.2) is 140 Å². The van der Waals surface area contributed by atoms with E-state index >= 15 is 0 Å². The third kappa shape index (κ3) is 5.54. The summed E-state index contributed by atoms with van der Waals surface area (Å²) >= 11 is 0. The van der Waals surface area contributed by atoms with E-state index in [4.69, 9.17) is 0 Å².